The van der Waals surface area contributed by atoms with Gasteiger partial charge in [0.2, 0.25) is 10.0 Å². The van der Waals surface area contributed by atoms with Gasteiger partial charge in [0.25, 0.3) is 5.91 Å². The summed E-state index contributed by atoms with van der Waals surface area (Å²) in [6.07, 6.45) is 0.759. The van der Waals surface area contributed by atoms with Gasteiger partial charge in [-0.1, -0.05) is 32.4 Å². The SMILES string of the molecule is CCCNC(=O)COC(=O)C(NS(=O)(=O)c1ccc(Cl)cc1)C(C)C. The molecule has 1 aromatic rings. The number of ether oxygens (including phenoxy) is 1. The number of benzene rings is 1. The number of esters is 1. The lowest BCUT2D eigenvalue weighted by molar-refractivity contribution is -0.151. The number of nitrogens with one attached hydrogen (secondary N) is 2. The van der Waals surface area contributed by atoms with E-state index in [1.165, 1.54) is 24.3 Å². The third kappa shape index (κ3) is 7.01. The largest absolute Gasteiger partial charge is 0.454 e. The summed E-state index contributed by atoms with van der Waals surface area (Å²) in [6.45, 7) is 5.27. The van der Waals surface area contributed by atoms with Crippen LogP contribution in [0.3, 0.4) is 0 Å². The first-order chi connectivity index (χ1) is 11.7. The molecule has 140 valence electrons. The van der Waals surface area contributed by atoms with Gasteiger partial charge in [0, 0.05) is 11.6 Å². The summed E-state index contributed by atoms with van der Waals surface area (Å²) < 4.78 is 32.0. The normalized spacial score (nSPS) is 12.7. The zero-order valence-electron chi connectivity index (χ0n) is 14.4. The third-order valence-corrected chi connectivity index (χ3v) is 4.95. The van der Waals surface area contributed by atoms with Gasteiger partial charge in [0.15, 0.2) is 6.61 Å². The van der Waals surface area contributed by atoms with Crippen molar-refractivity contribution in [2.24, 2.45) is 5.92 Å². The minimum atomic E-state index is -3.93. The molecule has 0 heterocycles. The molecule has 1 unspecified atom stereocenters. The van der Waals surface area contributed by atoms with Gasteiger partial charge < -0.3 is 10.1 Å². The number of carbonyl (C=O) groups excluding carboxylic acids is 2. The van der Waals surface area contributed by atoms with Gasteiger partial charge in [-0.15, -0.1) is 0 Å². The van der Waals surface area contributed by atoms with Crippen LogP contribution in [-0.4, -0.2) is 39.5 Å². The molecular formula is C16H23ClN2O5S. The molecule has 1 atom stereocenters. The van der Waals surface area contributed by atoms with Gasteiger partial charge in [-0.3, -0.25) is 9.59 Å². The van der Waals surface area contributed by atoms with E-state index in [2.05, 4.69) is 10.0 Å². The van der Waals surface area contributed by atoms with Crippen LogP contribution in [0.25, 0.3) is 0 Å². The molecule has 0 aliphatic heterocycles. The zero-order valence-corrected chi connectivity index (χ0v) is 16.0. The van der Waals surface area contributed by atoms with Gasteiger partial charge in [-0.05, 0) is 36.6 Å². The van der Waals surface area contributed by atoms with Crippen LogP contribution < -0.4 is 10.0 Å². The maximum Gasteiger partial charge on any atom is 0.324 e. The molecule has 0 aliphatic rings. The lowest BCUT2D eigenvalue weighted by atomic mass is 10.1. The monoisotopic (exact) mass is 390 g/mol. The van der Waals surface area contributed by atoms with Crippen molar-refractivity contribution in [1.82, 2.24) is 10.0 Å². The predicted octanol–water partition coefficient (Wildman–Crippen LogP) is 1.71. The van der Waals surface area contributed by atoms with Crippen LogP contribution in [0.5, 0.6) is 0 Å². The van der Waals surface area contributed by atoms with E-state index in [0.29, 0.717) is 11.6 Å². The van der Waals surface area contributed by atoms with Gasteiger partial charge >= 0.3 is 5.97 Å². The van der Waals surface area contributed by atoms with Crippen molar-refractivity contribution in [3.05, 3.63) is 29.3 Å². The number of amides is 1. The highest BCUT2D eigenvalue weighted by Gasteiger charge is 2.30. The Balaban J connectivity index is 2.77. The number of sulfonamides is 1. The van der Waals surface area contributed by atoms with Gasteiger partial charge in [-0.2, -0.15) is 4.72 Å². The number of hydrogen-bond acceptors (Lipinski definition) is 5. The molecule has 2 N–H and O–H groups in total. The second kappa shape index (κ2) is 9.74. The molecule has 0 bridgehead atoms. The highest BCUT2D eigenvalue weighted by molar-refractivity contribution is 7.89. The van der Waals surface area contributed by atoms with Crippen LogP contribution in [0.2, 0.25) is 5.02 Å². The molecule has 7 nitrogen and oxygen atoms in total. The topological polar surface area (TPSA) is 102 Å². The molecule has 0 fully saturated rings. The molecule has 0 saturated carbocycles. The van der Waals surface area contributed by atoms with Crippen molar-refractivity contribution in [1.29, 1.82) is 0 Å². The van der Waals surface area contributed by atoms with Crippen molar-refractivity contribution in [2.45, 2.75) is 38.1 Å². The lowest BCUT2D eigenvalue weighted by Gasteiger charge is -2.20. The Hall–Kier alpha value is -1.64. The quantitative estimate of drug-likeness (QED) is 0.625. The van der Waals surface area contributed by atoms with Gasteiger partial charge in [0.1, 0.15) is 6.04 Å². The molecular weight excluding hydrogens is 368 g/mol. The molecule has 1 amide bonds. The summed E-state index contributed by atoms with van der Waals surface area (Å²) in [6, 6.07) is 4.45. The van der Waals surface area contributed by atoms with Gasteiger partial charge in [-0.25, -0.2) is 8.42 Å². The molecule has 25 heavy (non-hydrogen) atoms. The Kier molecular flexibility index (Phi) is 8.34. The first kappa shape index (κ1) is 21.4. The average molecular weight is 391 g/mol. The van der Waals surface area contributed by atoms with E-state index in [0.717, 1.165) is 6.42 Å². The minimum Gasteiger partial charge on any atom is -0.454 e. The Labute approximate surface area is 153 Å². The molecule has 0 aromatic heterocycles. The van der Waals surface area contributed by atoms with Crippen molar-refractivity contribution in [3.63, 3.8) is 0 Å². The molecule has 1 aromatic carbocycles. The summed E-state index contributed by atoms with van der Waals surface area (Å²) in [5.41, 5.74) is 0. The maximum atomic E-state index is 12.4. The summed E-state index contributed by atoms with van der Waals surface area (Å²) in [5.74, 6) is -1.61. The summed E-state index contributed by atoms with van der Waals surface area (Å²) in [5, 5.41) is 2.97. The summed E-state index contributed by atoms with van der Waals surface area (Å²) in [4.78, 5) is 23.7. The lowest BCUT2D eigenvalue weighted by Crippen LogP contribution is -2.46. The fourth-order valence-corrected chi connectivity index (χ4v) is 3.31. The summed E-state index contributed by atoms with van der Waals surface area (Å²) in [7, 11) is -3.93. The zero-order chi connectivity index (χ0) is 19.0. The second-order valence-corrected chi connectivity index (χ2v) is 7.90. The van der Waals surface area contributed by atoms with Crippen LogP contribution in [-0.2, 0) is 24.3 Å². The predicted molar refractivity (Wildman–Crippen MR) is 94.7 cm³/mol. The van der Waals surface area contributed by atoms with Crippen LogP contribution in [0.4, 0.5) is 0 Å². The van der Waals surface area contributed by atoms with Crippen molar-refractivity contribution in [3.8, 4) is 0 Å². The molecule has 0 spiro atoms. The molecule has 1 rings (SSSR count). The molecule has 0 radical (unpaired) electrons. The minimum absolute atomic E-state index is 0.0176. The number of carbonyl (C=O) groups is 2. The number of rotatable bonds is 9. The average Bonchev–Trinajstić information content (AvgIpc) is 2.55. The fraction of sp³-hybridized carbons (Fsp3) is 0.500. The number of hydrogen-bond donors (Lipinski definition) is 2. The van der Waals surface area contributed by atoms with Crippen LogP contribution in [0, 0.1) is 5.92 Å². The number of halogens is 1. The van der Waals surface area contributed by atoms with Crippen molar-refractivity contribution in [2.75, 3.05) is 13.2 Å². The Morgan fingerprint density at radius 2 is 1.80 bits per heavy atom. The van der Waals surface area contributed by atoms with E-state index in [1.807, 2.05) is 6.92 Å². The molecule has 0 aliphatic carbocycles. The Bertz CT molecular complexity index is 689. The fourth-order valence-electron chi connectivity index (χ4n) is 1.85. The van der Waals surface area contributed by atoms with E-state index in [-0.39, 0.29) is 10.8 Å². The Morgan fingerprint density at radius 3 is 2.32 bits per heavy atom. The third-order valence-electron chi connectivity index (χ3n) is 3.24. The highest BCUT2D eigenvalue weighted by atomic mass is 35.5. The van der Waals surface area contributed by atoms with Crippen molar-refractivity contribution >= 4 is 33.5 Å². The maximum absolute atomic E-state index is 12.4. The smallest absolute Gasteiger partial charge is 0.324 e. The molecule has 0 saturated heterocycles. The van der Waals surface area contributed by atoms with Crippen molar-refractivity contribution < 1.29 is 22.7 Å². The highest BCUT2D eigenvalue weighted by Crippen LogP contribution is 2.16. The summed E-state index contributed by atoms with van der Waals surface area (Å²) >= 11 is 5.75. The van der Waals surface area contributed by atoms with E-state index in [1.54, 1.807) is 13.8 Å². The van der Waals surface area contributed by atoms with Crippen LogP contribution in [0.1, 0.15) is 27.2 Å². The standard InChI is InChI=1S/C16H23ClN2O5S/c1-4-9-18-14(20)10-24-16(21)15(11(2)3)19-25(22,23)13-7-5-12(17)6-8-13/h5-8,11,15,19H,4,9-10H2,1-3H3,(H,18,20). The van der Waals surface area contributed by atoms with E-state index in [4.69, 9.17) is 16.3 Å². The van der Waals surface area contributed by atoms with E-state index < -0.39 is 34.5 Å². The molecule has 9 heteroatoms. The van der Waals surface area contributed by atoms with Crippen LogP contribution in [0.15, 0.2) is 29.2 Å². The van der Waals surface area contributed by atoms with Crippen LogP contribution >= 0.6 is 11.6 Å². The first-order valence-corrected chi connectivity index (χ1v) is 9.74. The Morgan fingerprint density at radius 1 is 1.20 bits per heavy atom. The van der Waals surface area contributed by atoms with E-state index >= 15 is 0 Å². The second-order valence-electron chi connectivity index (χ2n) is 5.75. The first-order valence-electron chi connectivity index (χ1n) is 7.88. The van der Waals surface area contributed by atoms with Gasteiger partial charge in [0.05, 0.1) is 4.90 Å². The van der Waals surface area contributed by atoms with E-state index in [9.17, 15) is 18.0 Å².